The van der Waals surface area contributed by atoms with Gasteiger partial charge in [-0.1, -0.05) is 30.3 Å². The number of esters is 5. The fraction of sp³-hybridized carbons (Fsp3) is 0.438. The number of aromatic nitrogens is 1. The maximum Gasteiger partial charge on any atom is 0.355 e. The number of hydrogen-bond acceptors (Lipinski definition) is 13. The highest BCUT2D eigenvalue weighted by Crippen LogP contribution is 2.43. The van der Waals surface area contributed by atoms with Gasteiger partial charge >= 0.3 is 29.8 Å². The molecule has 252 valence electrons. The number of amides is 1. The summed E-state index contributed by atoms with van der Waals surface area (Å²) in [5.74, 6) is -4.27. The zero-order valence-electron chi connectivity index (χ0n) is 26.8. The zero-order chi connectivity index (χ0) is 34.7. The highest BCUT2D eigenvalue weighted by molar-refractivity contribution is 6.00. The van der Waals surface area contributed by atoms with Gasteiger partial charge in [0.25, 0.3) is 5.91 Å². The Morgan fingerprint density at radius 2 is 1.38 bits per heavy atom. The highest BCUT2D eigenvalue weighted by atomic mass is 16.5. The van der Waals surface area contributed by atoms with Gasteiger partial charge in [0.05, 0.1) is 52.1 Å². The predicted octanol–water partition coefficient (Wildman–Crippen LogP) is 2.83. The van der Waals surface area contributed by atoms with Crippen molar-refractivity contribution in [3.8, 4) is 0 Å². The fourth-order valence-corrected chi connectivity index (χ4v) is 5.49. The van der Waals surface area contributed by atoms with Gasteiger partial charge in [0, 0.05) is 30.5 Å². The lowest BCUT2D eigenvalue weighted by molar-refractivity contribution is -0.141. The molecule has 0 saturated heterocycles. The van der Waals surface area contributed by atoms with Crippen LogP contribution >= 0.6 is 0 Å². The number of hydrogen-bond donors (Lipinski definition) is 1. The first-order chi connectivity index (χ1) is 22.4. The Balaban J connectivity index is 2.19. The van der Waals surface area contributed by atoms with Gasteiger partial charge < -0.3 is 28.7 Å². The number of H-pyrrole nitrogens is 1. The average molecular weight is 656 g/mol. The molecule has 0 fully saturated rings. The summed E-state index contributed by atoms with van der Waals surface area (Å²) in [5.41, 5.74) is -0.0861. The van der Waals surface area contributed by atoms with E-state index in [1.807, 2.05) is 0 Å². The molecular weight excluding hydrogens is 618 g/mol. The summed E-state index contributed by atoms with van der Waals surface area (Å²) < 4.78 is 24.8. The first-order valence-corrected chi connectivity index (χ1v) is 14.5. The molecule has 0 aliphatic carbocycles. The third-order valence-electron chi connectivity index (χ3n) is 7.97. The molecule has 1 atom stereocenters. The van der Waals surface area contributed by atoms with Crippen molar-refractivity contribution in [2.24, 2.45) is 5.29 Å². The van der Waals surface area contributed by atoms with Crippen LogP contribution in [-0.4, -0.2) is 79.7 Å². The molecule has 1 unspecified atom stereocenters. The molecule has 1 N–H and O–H groups in total. The summed E-state index contributed by atoms with van der Waals surface area (Å²) in [5, 5.41) is 3.64. The lowest BCUT2D eigenvalue weighted by Crippen LogP contribution is -2.45. The van der Waals surface area contributed by atoms with E-state index < -0.39 is 47.7 Å². The van der Waals surface area contributed by atoms with Crippen LogP contribution in [0.1, 0.15) is 65.5 Å². The number of carbonyl (C=O) groups excluding carboxylic acids is 6. The second kappa shape index (κ2) is 16.3. The SMILES string of the molecule is COC(=O)CCC1=C(CC(=O)OC)C(C)(Cc2[nH]c(C(=O)OCc3ccccc3)c(CC(=O)OC)c2CCC(=O)OC)N(N=O)C1=O. The Kier molecular flexibility index (Phi) is 12.5. The number of benzene rings is 1. The van der Waals surface area contributed by atoms with Crippen LogP contribution in [0, 0.1) is 4.91 Å². The molecule has 0 radical (unpaired) electrons. The Bertz CT molecular complexity index is 1560. The minimum Gasteiger partial charge on any atom is -0.469 e. The van der Waals surface area contributed by atoms with E-state index in [2.05, 4.69) is 10.3 Å². The number of aromatic amines is 1. The van der Waals surface area contributed by atoms with Crippen molar-refractivity contribution in [2.45, 2.75) is 64.0 Å². The van der Waals surface area contributed by atoms with Gasteiger partial charge in [-0.25, -0.2) is 4.79 Å². The first kappa shape index (κ1) is 36.1. The van der Waals surface area contributed by atoms with Gasteiger partial charge in [-0.15, -0.1) is 4.91 Å². The number of rotatable bonds is 16. The quantitative estimate of drug-likeness (QED) is 0.158. The van der Waals surface area contributed by atoms with Crippen LogP contribution in [0.25, 0.3) is 0 Å². The fourth-order valence-electron chi connectivity index (χ4n) is 5.49. The minimum absolute atomic E-state index is 0.00263. The van der Waals surface area contributed by atoms with Crippen molar-refractivity contribution in [3.05, 3.63) is 74.5 Å². The van der Waals surface area contributed by atoms with E-state index in [-0.39, 0.29) is 73.2 Å². The van der Waals surface area contributed by atoms with E-state index in [0.29, 0.717) is 16.1 Å². The molecule has 0 bridgehead atoms. The van der Waals surface area contributed by atoms with E-state index in [0.717, 1.165) is 7.11 Å². The monoisotopic (exact) mass is 655 g/mol. The molecule has 15 nitrogen and oxygen atoms in total. The molecule has 1 amide bonds. The Morgan fingerprint density at radius 3 is 1.96 bits per heavy atom. The normalized spacial score (nSPS) is 15.7. The van der Waals surface area contributed by atoms with Crippen molar-refractivity contribution < 1.29 is 52.5 Å². The summed E-state index contributed by atoms with van der Waals surface area (Å²) in [4.78, 5) is 91.5. The summed E-state index contributed by atoms with van der Waals surface area (Å²) in [6.45, 7) is 1.40. The number of nitrogens with zero attached hydrogens (tertiary/aromatic N) is 2. The molecule has 47 heavy (non-hydrogen) atoms. The molecule has 3 rings (SSSR count). The largest absolute Gasteiger partial charge is 0.469 e. The number of carbonyl (C=O) groups is 6. The lowest BCUT2D eigenvalue weighted by atomic mass is 9.83. The van der Waals surface area contributed by atoms with Crippen molar-refractivity contribution >= 4 is 35.8 Å². The van der Waals surface area contributed by atoms with Gasteiger partial charge in [0.15, 0.2) is 0 Å². The van der Waals surface area contributed by atoms with Crippen LogP contribution in [0.2, 0.25) is 0 Å². The standard InChI is InChI=1S/C32H37N3O12/c1-32(23(16-28(39)46-5)21(12-14-26(37)44-3)30(40)35(32)34-42)17-24-20(11-13-25(36)43-2)22(15-27(38)45-4)29(33-24)31(41)47-18-19-9-7-6-8-10-19/h6-10,33H,11-18H2,1-5H3. The summed E-state index contributed by atoms with van der Waals surface area (Å²) >= 11 is 0. The molecule has 1 aromatic carbocycles. The summed E-state index contributed by atoms with van der Waals surface area (Å²) in [6, 6.07) is 8.88. The van der Waals surface area contributed by atoms with E-state index in [9.17, 15) is 33.7 Å². The second-order valence-electron chi connectivity index (χ2n) is 10.8. The Hall–Kier alpha value is -5.34. The van der Waals surface area contributed by atoms with E-state index in [1.165, 1.54) is 28.3 Å². The van der Waals surface area contributed by atoms with Crippen molar-refractivity contribution in [2.75, 3.05) is 28.4 Å². The molecule has 2 aromatic rings. The van der Waals surface area contributed by atoms with Gasteiger partial charge in [-0.3, -0.25) is 24.0 Å². The molecule has 1 aromatic heterocycles. The van der Waals surface area contributed by atoms with Crippen LogP contribution in [0.4, 0.5) is 0 Å². The van der Waals surface area contributed by atoms with E-state index in [1.54, 1.807) is 30.3 Å². The van der Waals surface area contributed by atoms with Crippen molar-refractivity contribution in [3.63, 3.8) is 0 Å². The van der Waals surface area contributed by atoms with Gasteiger partial charge in [-0.2, -0.15) is 5.01 Å². The highest BCUT2D eigenvalue weighted by Gasteiger charge is 2.51. The van der Waals surface area contributed by atoms with Gasteiger partial charge in [0.2, 0.25) is 0 Å². The van der Waals surface area contributed by atoms with Crippen LogP contribution < -0.4 is 0 Å². The van der Waals surface area contributed by atoms with Crippen molar-refractivity contribution in [1.29, 1.82) is 0 Å². The first-order valence-electron chi connectivity index (χ1n) is 14.5. The Morgan fingerprint density at radius 1 is 0.809 bits per heavy atom. The maximum absolute atomic E-state index is 13.5. The van der Waals surface area contributed by atoms with Crippen LogP contribution in [0.5, 0.6) is 0 Å². The second-order valence-corrected chi connectivity index (χ2v) is 10.8. The molecular formula is C32H37N3O12. The van der Waals surface area contributed by atoms with E-state index in [4.69, 9.17) is 23.7 Å². The van der Waals surface area contributed by atoms with Crippen molar-refractivity contribution in [1.82, 2.24) is 9.99 Å². The number of nitroso groups, excluding NO2 is 1. The van der Waals surface area contributed by atoms with Crippen LogP contribution in [0.3, 0.4) is 0 Å². The topological polar surface area (TPSA) is 197 Å². The zero-order valence-corrected chi connectivity index (χ0v) is 26.8. The lowest BCUT2D eigenvalue weighted by Gasteiger charge is -2.32. The molecule has 0 saturated carbocycles. The molecule has 1 aliphatic heterocycles. The summed E-state index contributed by atoms with van der Waals surface area (Å²) in [7, 11) is 4.72. The number of ether oxygens (including phenoxy) is 5. The van der Waals surface area contributed by atoms with E-state index >= 15 is 0 Å². The molecule has 0 spiro atoms. The molecule has 1 aliphatic rings. The maximum atomic E-state index is 13.5. The number of methoxy groups -OCH3 is 4. The Labute approximate surface area is 270 Å². The van der Waals surface area contributed by atoms with Crippen LogP contribution in [-0.2, 0) is 73.5 Å². The molecule has 15 heteroatoms. The molecule has 2 heterocycles. The summed E-state index contributed by atoms with van der Waals surface area (Å²) in [6.07, 6.45) is -1.63. The van der Waals surface area contributed by atoms with Gasteiger partial charge in [0.1, 0.15) is 12.3 Å². The van der Waals surface area contributed by atoms with Gasteiger partial charge in [-0.05, 0) is 42.0 Å². The average Bonchev–Trinajstić information content (AvgIpc) is 3.50. The van der Waals surface area contributed by atoms with Crippen LogP contribution in [0.15, 0.2) is 46.8 Å². The third kappa shape index (κ3) is 8.48. The predicted molar refractivity (Wildman–Crippen MR) is 162 cm³/mol. The minimum atomic E-state index is -1.61. The third-order valence-corrected chi connectivity index (χ3v) is 7.97. The number of nitrogens with one attached hydrogen (secondary N) is 1. The smallest absolute Gasteiger partial charge is 0.355 e.